The number of hydrogen-bond acceptors (Lipinski definition) is 7. The number of hydrogen-bond donors (Lipinski definition) is 1. The summed E-state index contributed by atoms with van der Waals surface area (Å²) in [5.41, 5.74) is 1.29. The number of pyridine rings is 2. The van der Waals surface area contributed by atoms with Gasteiger partial charge in [0.1, 0.15) is 17.5 Å². The first-order chi connectivity index (χ1) is 20.7. The molecule has 3 aromatic rings. The molecule has 1 amide bonds. The van der Waals surface area contributed by atoms with E-state index < -0.39 is 23.3 Å². The number of nitrogens with zero attached hydrogens (tertiary/aromatic N) is 6. The molecular formula is C32H34F2N6O3. The summed E-state index contributed by atoms with van der Waals surface area (Å²) in [7, 11) is 0. The summed E-state index contributed by atoms with van der Waals surface area (Å²) < 4.78 is 32.0. The van der Waals surface area contributed by atoms with Crippen molar-refractivity contribution in [3.8, 4) is 5.69 Å². The normalized spacial score (nSPS) is 21.3. The van der Waals surface area contributed by atoms with E-state index in [4.69, 9.17) is 0 Å². The average molecular weight is 589 g/mol. The van der Waals surface area contributed by atoms with Crippen LogP contribution in [-0.2, 0) is 11.2 Å². The van der Waals surface area contributed by atoms with Gasteiger partial charge in [-0.1, -0.05) is 32.6 Å². The molecular weight excluding hydrogens is 554 g/mol. The molecule has 11 heteroatoms. The molecule has 1 aliphatic carbocycles. The van der Waals surface area contributed by atoms with Crippen LogP contribution in [0, 0.1) is 5.82 Å². The van der Waals surface area contributed by atoms with E-state index in [0.29, 0.717) is 48.5 Å². The first-order valence-corrected chi connectivity index (χ1v) is 14.7. The Bertz CT molecular complexity index is 1730. The van der Waals surface area contributed by atoms with Crippen LogP contribution in [0.5, 0.6) is 0 Å². The van der Waals surface area contributed by atoms with Gasteiger partial charge in [0.2, 0.25) is 5.91 Å². The number of aliphatic hydroxyl groups is 1. The minimum atomic E-state index is -1.01. The molecule has 3 aliphatic heterocycles. The Kier molecular flexibility index (Phi) is 7.68. The van der Waals surface area contributed by atoms with Crippen LogP contribution in [0.3, 0.4) is 0 Å². The molecule has 7 rings (SSSR count). The minimum absolute atomic E-state index is 0.0399. The second-order valence-electron chi connectivity index (χ2n) is 11.6. The van der Waals surface area contributed by atoms with Gasteiger partial charge in [0.15, 0.2) is 5.65 Å². The van der Waals surface area contributed by atoms with Gasteiger partial charge < -0.3 is 14.9 Å². The van der Waals surface area contributed by atoms with Gasteiger partial charge in [-0.3, -0.25) is 9.78 Å². The van der Waals surface area contributed by atoms with Gasteiger partial charge in [-0.15, -0.1) is 0 Å². The lowest BCUT2D eigenvalue weighted by Gasteiger charge is -2.51. The van der Waals surface area contributed by atoms with E-state index in [1.54, 1.807) is 17.2 Å². The number of anilines is 1. The van der Waals surface area contributed by atoms with E-state index in [-0.39, 0.29) is 41.9 Å². The van der Waals surface area contributed by atoms with Crippen LogP contribution >= 0.6 is 0 Å². The summed E-state index contributed by atoms with van der Waals surface area (Å²) in [6.07, 6.45) is 9.79. The van der Waals surface area contributed by atoms with Crippen molar-refractivity contribution < 1.29 is 18.7 Å². The molecule has 0 spiro atoms. The summed E-state index contributed by atoms with van der Waals surface area (Å²) in [5.74, 6) is -2.20. The number of aromatic nitrogens is 4. The zero-order chi connectivity index (χ0) is 30.4. The number of piperazine rings is 1. The Morgan fingerprint density at radius 3 is 2.65 bits per heavy atom. The lowest BCUT2D eigenvalue weighted by Crippen LogP contribution is -2.64. The van der Waals surface area contributed by atoms with Crippen LogP contribution in [0.25, 0.3) is 16.7 Å². The van der Waals surface area contributed by atoms with E-state index in [0.717, 1.165) is 18.4 Å². The van der Waals surface area contributed by atoms with Crippen molar-refractivity contribution in [1.29, 1.82) is 0 Å². The van der Waals surface area contributed by atoms with Crippen molar-refractivity contribution in [3.05, 3.63) is 88.3 Å². The molecule has 3 unspecified atom stereocenters. The zero-order valence-electron chi connectivity index (χ0n) is 24.2. The lowest BCUT2D eigenvalue weighted by atomic mass is 9.90. The predicted octanol–water partition coefficient (Wildman–Crippen LogP) is 4.24. The Labute approximate surface area is 247 Å². The van der Waals surface area contributed by atoms with Gasteiger partial charge in [-0.05, 0) is 61.4 Å². The van der Waals surface area contributed by atoms with Crippen molar-refractivity contribution in [1.82, 2.24) is 24.4 Å². The van der Waals surface area contributed by atoms with E-state index in [1.807, 2.05) is 18.7 Å². The van der Waals surface area contributed by atoms with Gasteiger partial charge in [0.25, 0.3) is 0 Å². The Morgan fingerprint density at radius 2 is 2.00 bits per heavy atom. The molecule has 43 heavy (non-hydrogen) atoms. The van der Waals surface area contributed by atoms with Crippen LogP contribution < -0.4 is 10.6 Å². The molecule has 3 fully saturated rings. The maximum absolute atomic E-state index is 15.9. The third kappa shape index (κ3) is 4.95. The SMILES string of the molecule is C=CC(=O)N1CC2CCC1CN2c1nc(=O)n(-c2c(CCCO)ccnc2C(C)C)c2nc(C3C=CC=C3F)c(F)cc12. The van der Waals surface area contributed by atoms with E-state index in [9.17, 15) is 19.1 Å². The molecule has 1 N–H and O–H groups in total. The van der Waals surface area contributed by atoms with Gasteiger partial charge in [0.05, 0.1) is 28.4 Å². The second kappa shape index (κ2) is 11.4. The smallest absolute Gasteiger partial charge is 0.355 e. The highest BCUT2D eigenvalue weighted by molar-refractivity contribution is 5.90. The quantitative estimate of drug-likeness (QED) is 0.393. The molecule has 2 bridgehead atoms. The number of rotatable bonds is 8. The highest BCUT2D eigenvalue weighted by Gasteiger charge is 2.42. The summed E-state index contributed by atoms with van der Waals surface area (Å²) in [4.78, 5) is 44.2. The lowest BCUT2D eigenvalue weighted by molar-refractivity contribution is -0.131. The van der Waals surface area contributed by atoms with Gasteiger partial charge in [0, 0.05) is 38.0 Å². The van der Waals surface area contributed by atoms with Gasteiger partial charge in [-0.25, -0.2) is 23.1 Å². The van der Waals surface area contributed by atoms with Crippen LogP contribution in [0.4, 0.5) is 14.6 Å². The van der Waals surface area contributed by atoms with Crippen molar-refractivity contribution >= 4 is 22.8 Å². The molecule has 4 aliphatic rings. The topological polar surface area (TPSA) is 104 Å². The van der Waals surface area contributed by atoms with Gasteiger partial charge in [-0.2, -0.15) is 4.98 Å². The number of carbonyl (C=O) groups is 1. The first-order valence-electron chi connectivity index (χ1n) is 14.7. The Balaban J connectivity index is 1.61. The number of piperidine rings is 2. The fraction of sp³-hybridized carbons (Fsp3) is 0.406. The molecule has 9 nitrogen and oxygen atoms in total. The number of halogens is 2. The summed E-state index contributed by atoms with van der Waals surface area (Å²) in [6, 6.07) is 2.85. The van der Waals surface area contributed by atoms with Crippen LogP contribution in [0.15, 0.2) is 59.8 Å². The highest BCUT2D eigenvalue weighted by Crippen LogP contribution is 2.38. The molecule has 3 aromatic heterocycles. The van der Waals surface area contributed by atoms with Crippen molar-refractivity contribution in [3.63, 3.8) is 0 Å². The molecule has 3 saturated heterocycles. The minimum Gasteiger partial charge on any atom is -0.396 e. The van der Waals surface area contributed by atoms with E-state index >= 15 is 4.39 Å². The fourth-order valence-electron chi connectivity index (χ4n) is 6.57. The third-order valence-electron chi connectivity index (χ3n) is 8.65. The maximum atomic E-state index is 15.9. The monoisotopic (exact) mass is 588 g/mol. The fourth-order valence-corrected chi connectivity index (χ4v) is 6.57. The third-order valence-corrected chi connectivity index (χ3v) is 8.65. The Morgan fingerprint density at radius 1 is 1.21 bits per heavy atom. The summed E-state index contributed by atoms with van der Waals surface area (Å²) >= 11 is 0. The molecule has 0 radical (unpaired) electrons. The summed E-state index contributed by atoms with van der Waals surface area (Å²) in [6.45, 7) is 8.36. The average Bonchev–Trinajstić information content (AvgIpc) is 3.44. The standard InChI is InChI=1S/C32H34F2N6O3/c1-4-26(42)38-16-21-11-10-20(38)17-39(21)30-23-15-25(34)28(22-8-5-9-24(22)33)36-31(23)40(32(43)37-30)29-19(7-6-14-41)12-13-35-27(29)18(2)3/h4-5,8-9,12-13,15,18,20-22,41H,1,6-7,10-11,14,16-17H2,2-3H3. The Hall–Kier alpha value is -4.25. The van der Waals surface area contributed by atoms with Crippen molar-refractivity contribution in [2.45, 2.75) is 63.5 Å². The molecule has 3 atom stereocenters. The maximum Gasteiger partial charge on any atom is 0.355 e. The molecule has 6 heterocycles. The number of aliphatic hydroxyl groups excluding tert-OH is 1. The number of allylic oxidation sites excluding steroid dienone is 4. The highest BCUT2D eigenvalue weighted by atomic mass is 19.1. The van der Waals surface area contributed by atoms with Crippen LogP contribution in [0.1, 0.15) is 61.9 Å². The second-order valence-corrected chi connectivity index (χ2v) is 11.6. The molecule has 0 saturated carbocycles. The van der Waals surface area contributed by atoms with Crippen molar-refractivity contribution in [2.24, 2.45) is 0 Å². The zero-order valence-corrected chi connectivity index (χ0v) is 24.2. The van der Waals surface area contributed by atoms with E-state index in [2.05, 4.69) is 21.5 Å². The predicted molar refractivity (Wildman–Crippen MR) is 160 cm³/mol. The summed E-state index contributed by atoms with van der Waals surface area (Å²) in [5, 5.41) is 9.89. The molecule has 224 valence electrons. The van der Waals surface area contributed by atoms with Crippen LogP contribution in [-0.4, -0.2) is 67.2 Å². The first kappa shape index (κ1) is 28.9. The van der Waals surface area contributed by atoms with Crippen LogP contribution in [0.2, 0.25) is 0 Å². The van der Waals surface area contributed by atoms with Crippen molar-refractivity contribution in [2.75, 3.05) is 24.6 Å². The molecule has 0 aromatic carbocycles. The number of carbonyl (C=O) groups excluding carboxylic acids is 1. The number of fused-ring (bicyclic) bond motifs is 4. The van der Waals surface area contributed by atoms with Gasteiger partial charge >= 0.3 is 5.69 Å². The number of aryl methyl sites for hydroxylation is 1. The largest absolute Gasteiger partial charge is 0.396 e. The number of amides is 1. The van der Waals surface area contributed by atoms with E-state index in [1.165, 1.54) is 34.9 Å².